The minimum atomic E-state index is -3.35. The smallest absolute Gasteiger partial charge is 0.326 e. The van der Waals surface area contributed by atoms with Crippen molar-refractivity contribution in [1.29, 1.82) is 0 Å². The second kappa shape index (κ2) is 15.6. The maximum absolute atomic E-state index is 13.3. The zero-order chi connectivity index (χ0) is 29.1. The van der Waals surface area contributed by atoms with Crippen molar-refractivity contribution < 1.29 is 27.9 Å². The first-order chi connectivity index (χ1) is 19.1. The second-order valence-corrected chi connectivity index (χ2v) is 13.5. The molecule has 2 aromatic rings. The van der Waals surface area contributed by atoms with Crippen LogP contribution in [0.15, 0.2) is 42.5 Å². The number of sulfonamides is 1. The van der Waals surface area contributed by atoms with E-state index in [0.717, 1.165) is 42.2 Å². The van der Waals surface area contributed by atoms with Crippen LogP contribution in [0.2, 0.25) is 0 Å². The number of thioether (sulfide) groups is 1. The van der Waals surface area contributed by atoms with E-state index in [1.165, 1.54) is 31.0 Å². The molecular weight excluding hydrogens is 548 g/mol. The number of ether oxygens (including phenoxy) is 1. The van der Waals surface area contributed by atoms with E-state index in [9.17, 15) is 23.1 Å². The third-order valence-corrected chi connectivity index (χ3v) is 8.69. The van der Waals surface area contributed by atoms with Crippen LogP contribution in [0.1, 0.15) is 66.4 Å². The van der Waals surface area contributed by atoms with Crippen molar-refractivity contribution in [3.63, 3.8) is 0 Å². The van der Waals surface area contributed by atoms with Crippen molar-refractivity contribution in [3.8, 4) is 11.1 Å². The maximum Gasteiger partial charge on any atom is 0.326 e. The zero-order valence-electron chi connectivity index (χ0n) is 23.6. The summed E-state index contributed by atoms with van der Waals surface area (Å²) in [5.41, 5.74) is 3.80. The summed E-state index contributed by atoms with van der Waals surface area (Å²) in [6.07, 6.45) is 9.81. The van der Waals surface area contributed by atoms with Gasteiger partial charge < -0.3 is 15.2 Å². The van der Waals surface area contributed by atoms with Crippen molar-refractivity contribution in [2.75, 3.05) is 24.8 Å². The molecule has 1 aliphatic carbocycles. The number of hydrogen-bond acceptors (Lipinski definition) is 6. The lowest BCUT2D eigenvalue weighted by Gasteiger charge is -2.27. The van der Waals surface area contributed by atoms with Crippen molar-refractivity contribution in [1.82, 2.24) is 10.0 Å². The summed E-state index contributed by atoms with van der Waals surface area (Å²) >= 11 is 1.53. The molecule has 0 heterocycles. The highest BCUT2D eigenvalue weighted by molar-refractivity contribution is 7.98. The average Bonchev–Trinajstić information content (AvgIpc) is 2.92. The topological polar surface area (TPSA) is 122 Å². The Morgan fingerprint density at radius 1 is 1.10 bits per heavy atom. The predicted octanol–water partition coefficient (Wildman–Crippen LogP) is 5.00. The van der Waals surface area contributed by atoms with E-state index in [4.69, 9.17) is 4.74 Å². The summed E-state index contributed by atoms with van der Waals surface area (Å²) in [4.78, 5) is 25.1. The molecule has 220 valence electrons. The lowest BCUT2D eigenvalue weighted by atomic mass is 9.85. The number of benzene rings is 2. The average molecular weight is 591 g/mol. The van der Waals surface area contributed by atoms with Gasteiger partial charge in [0.2, 0.25) is 10.0 Å². The van der Waals surface area contributed by atoms with Crippen LogP contribution in [0.5, 0.6) is 0 Å². The Balaban J connectivity index is 1.84. The summed E-state index contributed by atoms with van der Waals surface area (Å²) < 4.78 is 32.4. The van der Waals surface area contributed by atoms with Crippen LogP contribution in [0, 0.1) is 12.8 Å². The highest BCUT2D eigenvalue weighted by Gasteiger charge is 2.24. The number of hydrogen-bond donors (Lipinski definition) is 3. The van der Waals surface area contributed by atoms with Gasteiger partial charge in [0, 0.05) is 12.1 Å². The van der Waals surface area contributed by atoms with Crippen molar-refractivity contribution >= 4 is 33.7 Å². The van der Waals surface area contributed by atoms with Crippen LogP contribution in [-0.2, 0) is 26.2 Å². The normalized spacial score (nSPS) is 15.9. The van der Waals surface area contributed by atoms with Crippen LogP contribution in [-0.4, -0.2) is 62.4 Å². The molecule has 0 spiro atoms. The summed E-state index contributed by atoms with van der Waals surface area (Å²) in [6, 6.07) is 12.2. The van der Waals surface area contributed by atoms with Gasteiger partial charge in [0.25, 0.3) is 5.91 Å². The standard InChI is InChI=1S/C30H42N2O6S2/c1-21-9-7-8-12-25(21)27-18-23(13-14-26(27)29(33)32-28(30(34)35)15-16-39-2)20-38-24(19-31-40(3,36)37)17-22-10-5-4-6-11-22/h7-9,12-14,18,22,24,28,31H,4-6,10-11,15-17,19-20H2,1-3H3,(H,32,33)(H,34,35). The first-order valence-electron chi connectivity index (χ1n) is 13.8. The lowest BCUT2D eigenvalue weighted by Crippen LogP contribution is -2.41. The van der Waals surface area contributed by atoms with Gasteiger partial charge in [0.1, 0.15) is 6.04 Å². The Hall–Kier alpha value is -2.40. The van der Waals surface area contributed by atoms with Crippen LogP contribution in [0.4, 0.5) is 0 Å². The van der Waals surface area contributed by atoms with Gasteiger partial charge in [-0.05, 0) is 72.1 Å². The number of carbonyl (C=O) groups is 2. The Kier molecular flexibility index (Phi) is 12.5. The molecule has 0 aromatic heterocycles. The Bertz CT molecular complexity index is 1240. The molecule has 2 atom stereocenters. The van der Waals surface area contributed by atoms with E-state index >= 15 is 0 Å². The first-order valence-corrected chi connectivity index (χ1v) is 17.1. The van der Waals surface area contributed by atoms with Gasteiger partial charge in [0.15, 0.2) is 0 Å². The molecule has 2 unspecified atom stereocenters. The quantitative estimate of drug-likeness (QED) is 0.267. The summed E-state index contributed by atoms with van der Waals surface area (Å²) in [5, 5.41) is 12.3. The number of amides is 1. The fourth-order valence-corrected chi connectivity index (χ4v) is 6.13. The fourth-order valence-electron chi connectivity index (χ4n) is 5.17. The third kappa shape index (κ3) is 10.2. The van der Waals surface area contributed by atoms with E-state index < -0.39 is 27.9 Å². The van der Waals surface area contributed by atoms with E-state index in [0.29, 0.717) is 29.2 Å². The van der Waals surface area contributed by atoms with Gasteiger partial charge in [-0.1, -0.05) is 62.4 Å². The van der Waals surface area contributed by atoms with Gasteiger partial charge in [-0.15, -0.1) is 0 Å². The second-order valence-electron chi connectivity index (χ2n) is 10.6. The largest absolute Gasteiger partial charge is 0.480 e. The molecule has 1 fully saturated rings. The fraction of sp³-hybridized carbons (Fsp3) is 0.533. The van der Waals surface area contributed by atoms with E-state index in [1.54, 1.807) is 6.07 Å². The summed E-state index contributed by atoms with van der Waals surface area (Å²) in [5.74, 6) is -0.362. The molecule has 0 bridgehead atoms. The number of nitrogens with one attached hydrogen (secondary N) is 2. The first kappa shape index (κ1) is 32.1. The SMILES string of the molecule is CSCCC(NC(=O)c1ccc(COC(CNS(C)(=O)=O)CC2CCCCC2)cc1-c1ccccc1C)C(=O)O. The van der Waals surface area contributed by atoms with Gasteiger partial charge in [-0.25, -0.2) is 17.9 Å². The van der Waals surface area contributed by atoms with Gasteiger partial charge in [-0.3, -0.25) is 4.79 Å². The van der Waals surface area contributed by atoms with E-state index in [-0.39, 0.29) is 19.3 Å². The van der Waals surface area contributed by atoms with E-state index in [2.05, 4.69) is 10.0 Å². The Labute approximate surface area is 242 Å². The van der Waals surface area contributed by atoms with Crippen LogP contribution >= 0.6 is 11.8 Å². The molecule has 1 saturated carbocycles. The molecular formula is C30H42N2O6S2. The van der Waals surface area contributed by atoms with Crippen molar-refractivity contribution in [2.45, 2.75) is 70.6 Å². The number of carbonyl (C=O) groups excluding carboxylic acids is 1. The highest BCUT2D eigenvalue weighted by atomic mass is 32.2. The van der Waals surface area contributed by atoms with Gasteiger partial charge in [-0.2, -0.15) is 11.8 Å². The van der Waals surface area contributed by atoms with Gasteiger partial charge >= 0.3 is 5.97 Å². The monoisotopic (exact) mass is 590 g/mol. The van der Waals surface area contributed by atoms with Crippen LogP contribution in [0.3, 0.4) is 0 Å². The van der Waals surface area contributed by atoms with Crippen molar-refractivity contribution in [3.05, 3.63) is 59.2 Å². The van der Waals surface area contributed by atoms with E-state index in [1.807, 2.05) is 49.6 Å². The molecule has 1 amide bonds. The molecule has 10 heteroatoms. The van der Waals surface area contributed by atoms with Crippen molar-refractivity contribution in [2.24, 2.45) is 5.92 Å². The summed E-state index contributed by atoms with van der Waals surface area (Å²) in [7, 11) is -3.35. The maximum atomic E-state index is 13.3. The summed E-state index contributed by atoms with van der Waals surface area (Å²) in [6.45, 7) is 2.44. The third-order valence-electron chi connectivity index (χ3n) is 7.36. The molecule has 0 radical (unpaired) electrons. The number of carboxylic acid groups (broad SMARTS) is 1. The van der Waals surface area contributed by atoms with Crippen LogP contribution < -0.4 is 10.0 Å². The molecule has 2 aromatic carbocycles. The predicted molar refractivity (Wildman–Crippen MR) is 161 cm³/mol. The van der Waals surface area contributed by atoms with Crippen LogP contribution in [0.25, 0.3) is 11.1 Å². The highest BCUT2D eigenvalue weighted by Crippen LogP contribution is 2.30. The minimum absolute atomic E-state index is 0.215. The Morgan fingerprint density at radius 2 is 1.82 bits per heavy atom. The molecule has 3 N–H and O–H groups in total. The number of rotatable bonds is 15. The minimum Gasteiger partial charge on any atom is -0.480 e. The van der Waals surface area contributed by atoms with Gasteiger partial charge in [0.05, 0.1) is 19.0 Å². The lowest BCUT2D eigenvalue weighted by molar-refractivity contribution is -0.139. The molecule has 0 aliphatic heterocycles. The molecule has 8 nitrogen and oxygen atoms in total. The number of aliphatic carboxylic acids is 1. The molecule has 1 aliphatic rings. The number of carboxylic acids is 1. The molecule has 3 rings (SSSR count). The number of aryl methyl sites for hydroxylation is 1. The Morgan fingerprint density at radius 3 is 2.48 bits per heavy atom. The molecule has 40 heavy (non-hydrogen) atoms. The zero-order valence-corrected chi connectivity index (χ0v) is 25.3. The molecule has 0 saturated heterocycles.